The molecule has 24 heavy (non-hydrogen) atoms. The van der Waals surface area contributed by atoms with Crippen LogP contribution in [0.5, 0.6) is 5.75 Å². The minimum Gasteiger partial charge on any atom is -0.467 e. The fraction of sp³-hybridized carbons (Fsp3) is 0.316. The monoisotopic (exact) mass is 358 g/mol. The summed E-state index contributed by atoms with van der Waals surface area (Å²) in [6, 6.07) is 12.3. The van der Waals surface area contributed by atoms with Crippen LogP contribution in [0, 0.1) is 13.8 Å². The van der Waals surface area contributed by atoms with Crippen LogP contribution in [0.3, 0.4) is 0 Å². The predicted molar refractivity (Wildman–Crippen MR) is 102 cm³/mol. The molecule has 3 nitrogen and oxygen atoms in total. The molecule has 2 atom stereocenters. The number of aryl methyl sites for hydroxylation is 2. The zero-order chi connectivity index (χ0) is 17.1. The third kappa shape index (κ3) is 2.36. The maximum absolute atomic E-state index is 6.42. The maximum Gasteiger partial charge on any atom is 0.188 e. The van der Waals surface area contributed by atoms with Gasteiger partial charge in [-0.05, 0) is 68.4 Å². The lowest BCUT2D eigenvalue weighted by atomic mass is 9.90. The topological polar surface area (TPSA) is 24.5 Å². The van der Waals surface area contributed by atoms with Crippen LogP contribution in [0.1, 0.15) is 36.1 Å². The number of anilines is 1. The highest BCUT2D eigenvalue weighted by atomic mass is 35.5. The van der Waals surface area contributed by atoms with E-state index in [2.05, 4.69) is 49.2 Å². The van der Waals surface area contributed by atoms with Crippen molar-refractivity contribution in [3.63, 3.8) is 0 Å². The molecule has 2 aromatic rings. The molecular weight excluding hydrogens is 340 g/mol. The molecule has 0 spiro atoms. The highest BCUT2D eigenvalue weighted by molar-refractivity contribution is 7.80. The molecule has 0 amide bonds. The Morgan fingerprint density at radius 2 is 2.04 bits per heavy atom. The number of hydrogen-bond acceptors (Lipinski definition) is 2. The van der Waals surface area contributed by atoms with Gasteiger partial charge in [-0.25, -0.2) is 0 Å². The molecule has 124 valence electrons. The van der Waals surface area contributed by atoms with Gasteiger partial charge >= 0.3 is 0 Å². The van der Waals surface area contributed by atoms with Crippen LogP contribution in [0.2, 0.25) is 5.02 Å². The van der Waals surface area contributed by atoms with Gasteiger partial charge in [-0.2, -0.15) is 0 Å². The predicted octanol–water partition coefficient (Wildman–Crippen LogP) is 4.89. The van der Waals surface area contributed by atoms with Crippen molar-refractivity contribution in [1.82, 2.24) is 5.32 Å². The maximum atomic E-state index is 6.42. The number of benzene rings is 2. The van der Waals surface area contributed by atoms with Crippen molar-refractivity contribution in [2.45, 2.75) is 39.0 Å². The number of halogens is 1. The number of nitrogens with zero attached hydrogens (tertiary/aromatic N) is 1. The van der Waals surface area contributed by atoms with Gasteiger partial charge in [0.25, 0.3) is 0 Å². The molecular formula is C19H19ClN2OS. The molecule has 2 aliphatic rings. The first-order chi connectivity index (χ1) is 11.4. The lowest BCUT2D eigenvalue weighted by molar-refractivity contribution is 0.0497. The van der Waals surface area contributed by atoms with Crippen molar-refractivity contribution in [2.24, 2.45) is 0 Å². The van der Waals surface area contributed by atoms with Crippen molar-refractivity contribution in [3.8, 4) is 5.75 Å². The first-order valence-electron chi connectivity index (χ1n) is 8.04. The summed E-state index contributed by atoms with van der Waals surface area (Å²) in [7, 11) is 0. The Balaban J connectivity index is 1.83. The van der Waals surface area contributed by atoms with E-state index in [1.54, 1.807) is 0 Å². The van der Waals surface area contributed by atoms with Crippen LogP contribution in [-0.4, -0.2) is 10.8 Å². The van der Waals surface area contributed by atoms with Crippen molar-refractivity contribution in [3.05, 3.63) is 58.1 Å². The van der Waals surface area contributed by atoms with E-state index in [4.69, 9.17) is 28.6 Å². The molecule has 1 saturated heterocycles. The van der Waals surface area contributed by atoms with Gasteiger partial charge in [0.15, 0.2) is 10.8 Å². The van der Waals surface area contributed by atoms with Gasteiger partial charge in [0.1, 0.15) is 5.75 Å². The highest BCUT2D eigenvalue weighted by Crippen LogP contribution is 2.46. The minimum atomic E-state index is -0.521. The van der Waals surface area contributed by atoms with Gasteiger partial charge in [-0.15, -0.1) is 0 Å². The number of thiocarbonyl (C=S) groups is 1. The summed E-state index contributed by atoms with van der Waals surface area (Å²) in [6.45, 7) is 6.30. The molecule has 0 radical (unpaired) electrons. The summed E-state index contributed by atoms with van der Waals surface area (Å²) in [5.74, 6) is 0.864. The first-order valence-corrected chi connectivity index (χ1v) is 8.82. The van der Waals surface area contributed by atoms with Gasteiger partial charge < -0.3 is 10.1 Å². The largest absolute Gasteiger partial charge is 0.467 e. The number of hydrogen-bond donors (Lipinski definition) is 1. The van der Waals surface area contributed by atoms with E-state index in [0.29, 0.717) is 10.1 Å². The molecule has 2 bridgehead atoms. The summed E-state index contributed by atoms with van der Waals surface area (Å²) in [6.07, 6.45) is 0.799. The lowest BCUT2D eigenvalue weighted by Gasteiger charge is -2.52. The van der Waals surface area contributed by atoms with E-state index in [-0.39, 0.29) is 6.04 Å². The van der Waals surface area contributed by atoms with E-state index < -0.39 is 5.72 Å². The Kier molecular flexibility index (Phi) is 3.52. The fourth-order valence-electron chi connectivity index (χ4n) is 3.67. The second kappa shape index (κ2) is 5.36. The van der Waals surface area contributed by atoms with Crippen molar-refractivity contribution in [2.75, 3.05) is 4.90 Å². The molecule has 0 aromatic heterocycles. The third-order valence-electron chi connectivity index (χ3n) is 4.84. The molecule has 2 unspecified atom stereocenters. The highest BCUT2D eigenvalue weighted by Gasteiger charge is 2.48. The number of fused-ring (bicyclic) bond motifs is 4. The van der Waals surface area contributed by atoms with Crippen molar-refractivity contribution >= 4 is 34.6 Å². The van der Waals surface area contributed by atoms with E-state index in [1.165, 1.54) is 11.1 Å². The Bertz CT molecular complexity index is 853. The van der Waals surface area contributed by atoms with Crippen LogP contribution in [0.25, 0.3) is 0 Å². The standard InChI is InChI=1S/C19H19ClN2OS/c1-11-4-5-12(2)16(8-11)22-18(24)21-15-10-19(22,3)23-17-7-6-13(20)9-14(15)17/h4-9,15H,10H2,1-3H3,(H,21,24). The van der Waals surface area contributed by atoms with Gasteiger partial charge in [-0.1, -0.05) is 23.7 Å². The van der Waals surface area contributed by atoms with Crippen molar-refractivity contribution < 1.29 is 4.74 Å². The third-order valence-corrected chi connectivity index (χ3v) is 5.37. The van der Waals surface area contributed by atoms with Crippen LogP contribution in [0.4, 0.5) is 5.69 Å². The number of nitrogens with one attached hydrogen (secondary N) is 1. The van der Waals surface area contributed by atoms with Crippen LogP contribution >= 0.6 is 23.8 Å². The average molecular weight is 359 g/mol. The Morgan fingerprint density at radius 3 is 2.83 bits per heavy atom. The summed E-state index contributed by atoms with van der Waals surface area (Å²) in [5, 5.41) is 4.87. The zero-order valence-corrected chi connectivity index (χ0v) is 15.5. The Hall–Kier alpha value is -1.78. The number of ether oxygens (including phenoxy) is 1. The molecule has 1 fully saturated rings. The minimum absolute atomic E-state index is 0.117. The normalized spacial score (nSPS) is 24.9. The smallest absolute Gasteiger partial charge is 0.188 e. The van der Waals surface area contributed by atoms with Crippen LogP contribution in [-0.2, 0) is 0 Å². The molecule has 2 aliphatic heterocycles. The summed E-state index contributed by atoms with van der Waals surface area (Å²) in [4.78, 5) is 2.11. The van der Waals surface area contributed by atoms with Gasteiger partial charge in [0.05, 0.1) is 11.7 Å². The Morgan fingerprint density at radius 1 is 1.25 bits per heavy atom. The molecule has 5 heteroatoms. The molecule has 1 N–H and O–H groups in total. The second-order valence-electron chi connectivity index (χ2n) is 6.79. The first kappa shape index (κ1) is 15.7. The van der Waals surface area contributed by atoms with Gasteiger partial charge in [-0.3, -0.25) is 4.90 Å². The quantitative estimate of drug-likeness (QED) is 0.733. The van der Waals surface area contributed by atoms with E-state index in [1.807, 2.05) is 18.2 Å². The van der Waals surface area contributed by atoms with Crippen LogP contribution < -0.4 is 15.0 Å². The van der Waals surface area contributed by atoms with Gasteiger partial charge in [0.2, 0.25) is 0 Å². The SMILES string of the molecule is Cc1ccc(C)c(N2C(=S)NC3CC2(C)Oc2ccc(Cl)cc23)c1. The number of rotatable bonds is 1. The molecule has 0 aliphatic carbocycles. The Labute approximate surface area is 152 Å². The summed E-state index contributed by atoms with van der Waals surface area (Å²) < 4.78 is 6.42. The summed E-state index contributed by atoms with van der Waals surface area (Å²) >= 11 is 11.9. The van der Waals surface area contributed by atoms with E-state index in [9.17, 15) is 0 Å². The molecule has 0 saturated carbocycles. The zero-order valence-electron chi connectivity index (χ0n) is 13.9. The summed E-state index contributed by atoms with van der Waals surface area (Å²) in [5.41, 5.74) is 4.02. The van der Waals surface area contributed by atoms with Crippen molar-refractivity contribution in [1.29, 1.82) is 0 Å². The fourth-order valence-corrected chi connectivity index (χ4v) is 4.28. The molecule has 2 heterocycles. The second-order valence-corrected chi connectivity index (χ2v) is 7.61. The van der Waals surface area contributed by atoms with Gasteiger partial charge in [0, 0.05) is 17.0 Å². The van der Waals surface area contributed by atoms with E-state index in [0.717, 1.165) is 23.4 Å². The molecule has 2 aromatic carbocycles. The molecule has 4 rings (SSSR count). The average Bonchev–Trinajstić information content (AvgIpc) is 2.51. The van der Waals surface area contributed by atoms with E-state index >= 15 is 0 Å². The lowest BCUT2D eigenvalue weighted by Crippen LogP contribution is -2.65. The van der Waals surface area contributed by atoms with Crippen LogP contribution in [0.15, 0.2) is 36.4 Å².